The number of anilines is 2. The molecule has 0 saturated heterocycles. The lowest BCUT2D eigenvalue weighted by Gasteiger charge is -2.09. The maximum absolute atomic E-state index is 4.68. The summed E-state index contributed by atoms with van der Waals surface area (Å²) in [5.41, 5.74) is 14.6. The van der Waals surface area contributed by atoms with E-state index in [1.807, 2.05) is 62.4 Å². The van der Waals surface area contributed by atoms with Gasteiger partial charge in [-0.3, -0.25) is 10.9 Å². The van der Waals surface area contributed by atoms with Gasteiger partial charge in [0.05, 0.1) is 11.4 Å². The summed E-state index contributed by atoms with van der Waals surface area (Å²) in [6, 6.07) is 15.6. The molecule has 0 aliphatic rings. The average molecular weight is 274 g/mol. The molecule has 2 aromatic carbocycles. The number of hydrogen-bond donors (Lipinski definition) is 4. The monoisotopic (exact) mass is 274 g/mol. The standard InChI is InChI=1S/C14H18N4O2/c1-11-3-7-13(8-4-11)15-17-19-20-18-16-14-9-5-12(2)6-10-14/h3-10,15-18H,1-2H3. The first-order chi connectivity index (χ1) is 9.74. The Hall–Kier alpha value is -2.12. The topological polar surface area (TPSA) is 66.6 Å². The fourth-order valence-corrected chi connectivity index (χ4v) is 1.47. The Kier molecular flexibility index (Phi) is 5.33. The van der Waals surface area contributed by atoms with E-state index in [1.54, 1.807) is 0 Å². The second kappa shape index (κ2) is 7.46. The van der Waals surface area contributed by atoms with Crippen molar-refractivity contribution in [2.24, 2.45) is 0 Å². The molecule has 20 heavy (non-hydrogen) atoms. The van der Waals surface area contributed by atoms with Crippen LogP contribution in [0.25, 0.3) is 0 Å². The lowest BCUT2D eigenvalue weighted by Crippen LogP contribution is -2.29. The van der Waals surface area contributed by atoms with Crippen molar-refractivity contribution in [2.45, 2.75) is 13.8 Å². The van der Waals surface area contributed by atoms with E-state index < -0.39 is 0 Å². The van der Waals surface area contributed by atoms with E-state index in [9.17, 15) is 0 Å². The Bertz CT molecular complexity index is 464. The number of rotatable bonds is 7. The van der Waals surface area contributed by atoms with Crippen molar-refractivity contribution >= 4 is 11.4 Å². The summed E-state index contributed by atoms with van der Waals surface area (Å²) < 4.78 is 0. The van der Waals surface area contributed by atoms with Crippen molar-refractivity contribution in [1.29, 1.82) is 0 Å². The van der Waals surface area contributed by atoms with E-state index in [0.717, 1.165) is 11.4 Å². The zero-order chi connectivity index (χ0) is 14.2. The van der Waals surface area contributed by atoms with Crippen molar-refractivity contribution in [3.8, 4) is 0 Å². The maximum Gasteiger partial charge on any atom is 0.0511 e. The molecule has 0 amide bonds. The molecule has 0 heterocycles. The van der Waals surface area contributed by atoms with E-state index in [-0.39, 0.29) is 0 Å². The Balaban J connectivity index is 1.57. The maximum atomic E-state index is 4.68. The van der Waals surface area contributed by atoms with Crippen LogP contribution in [0.4, 0.5) is 11.4 Å². The lowest BCUT2D eigenvalue weighted by atomic mass is 10.2. The van der Waals surface area contributed by atoms with Crippen LogP contribution in [0.1, 0.15) is 11.1 Å². The normalized spacial score (nSPS) is 10.3. The van der Waals surface area contributed by atoms with Crippen molar-refractivity contribution < 1.29 is 9.98 Å². The Morgan fingerprint density at radius 3 is 1.30 bits per heavy atom. The number of hydrazine groups is 2. The Morgan fingerprint density at radius 2 is 0.950 bits per heavy atom. The third-order valence-electron chi connectivity index (χ3n) is 2.62. The van der Waals surface area contributed by atoms with Crippen LogP contribution in [0.2, 0.25) is 0 Å². The largest absolute Gasteiger partial charge is 0.296 e. The van der Waals surface area contributed by atoms with Gasteiger partial charge in [-0.1, -0.05) is 46.6 Å². The molecule has 6 nitrogen and oxygen atoms in total. The fraction of sp³-hybridized carbons (Fsp3) is 0.143. The summed E-state index contributed by atoms with van der Waals surface area (Å²) in [4.78, 5) is 9.36. The number of hydrogen-bond acceptors (Lipinski definition) is 6. The van der Waals surface area contributed by atoms with Crippen molar-refractivity contribution in [3.63, 3.8) is 0 Å². The molecule has 6 heteroatoms. The van der Waals surface area contributed by atoms with Gasteiger partial charge in [0.1, 0.15) is 0 Å². The van der Waals surface area contributed by atoms with Gasteiger partial charge in [-0.05, 0) is 38.1 Å². The first-order valence-electron chi connectivity index (χ1n) is 6.22. The molecule has 0 atom stereocenters. The van der Waals surface area contributed by atoms with Gasteiger partial charge in [-0.15, -0.1) is 9.98 Å². The molecular weight excluding hydrogens is 256 g/mol. The Morgan fingerprint density at radius 1 is 0.600 bits per heavy atom. The minimum absolute atomic E-state index is 0.866. The lowest BCUT2D eigenvalue weighted by molar-refractivity contribution is -0.365. The highest BCUT2D eigenvalue weighted by molar-refractivity contribution is 5.43. The van der Waals surface area contributed by atoms with Crippen molar-refractivity contribution in [1.82, 2.24) is 11.2 Å². The van der Waals surface area contributed by atoms with Gasteiger partial charge in [0.15, 0.2) is 0 Å². The summed E-state index contributed by atoms with van der Waals surface area (Å²) in [6.45, 7) is 4.05. The van der Waals surface area contributed by atoms with Crippen molar-refractivity contribution in [2.75, 3.05) is 10.9 Å². The third kappa shape index (κ3) is 4.87. The smallest absolute Gasteiger partial charge is 0.0511 e. The number of aryl methyl sites for hydroxylation is 2. The van der Waals surface area contributed by atoms with E-state index in [4.69, 9.17) is 0 Å². The van der Waals surface area contributed by atoms with Gasteiger partial charge in [0.2, 0.25) is 0 Å². The Labute approximate surface area is 117 Å². The molecule has 0 fully saturated rings. The second-order valence-electron chi connectivity index (χ2n) is 4.35. The molecule has 0 bridgehead atoms. The second-order valence-corrected chi connectivity index (χ2v) is 4.35. The molecule has 4 N–H and O–H groups in total. The summed E-state index contributed by atoms with van der Waals surface area (Å²) in [5, 5.41) is 0. The highest BCUT2D eigenvalue weighted by Crippen LogP contribution is 2.07. The average Bonchev–Trinajstić information content (AvgIpc) is 2.46. The highest BCUT2D eigenvalue weighted by Gasteiger charge is 1.92. The first kappa shape index (κ1) is 14.3. The summed E-state index contributed by atoms with van der Waals surface area (Å²) in [5.74, 6) is 0. The van der Waals surface area contributed by atoms with Crippen molar-refractivity contribution in [3.05, 3.63) is 59.7 Å². The quantitative estimate of drug-likeness (QED) is 0.353. The first-order valence-corrected chi connectivity index (χ1v) is 6.22. The zero-order valence-corrected chi connectivity index (χ0v) is 11.4. The number of nitrogens with one attached hydrogen (secondary N) is 4. The minimum atomic E-state index is 0.866. The predicted octanol–water partition coefficient (Wildman–Crippen LogP) is 2.61. The minimum Gasteiger partial charge on any atom is -0.296 e. The summed E-state index contributed by atoms with van der Waals surface area (Å²) >= 11 is 0. The summed E-state index contributed by atoms with van der Waals surface area (Å²) in [7, 11) is 0. The molecule has 0 radical (unpaired) electrons. The molecule has 2 rings (SSSR count). The van der Waals surface area contributed by atoms with Gasteiger partial charge in [0, 0.05) is 0 Å². The molecule has 0 aliphatic carbocycles. The van der Waals surface area contributed by atoms with Gasteiger partial charge >= 0.3 is 0 Å². The molecule has 0 saturated carbocycles. The summed E-state index contributed by atoms with van der Waals surface area (Å²) in [6.07, 6.45) is 0. The van der Waals surface area contributed by atoms with Crippen LogP contribution in [-0.4, -0.2) is 0 Å². The van der Waals surface area contributed by atoms with Gasteiger partial charge in [-0.2, -0.15) is 0 Å². The molecule has 0 aliphatic heterocycles. The molecule has 2 aromatic rings. The van der Waals surface area contributed by atoms with E-state index in [1.165, 1.54) is 11.1 Å². The molecular formula is C14H18N4O2. The molecule has 0 unspecified atom stereocenters. The van der Waals surface area contributed by atoms with E-state index in [2.05, 4.69) is 32.0 Å². The van der Waals surface area contributed by atoms with Crippen LogP contribution >= 0.6 is 0 Å². The van der Waals surface area contributed by atoms with Crippen LogP contribution in [0.3, 0.4) is 0 Å². The van der Waals surface area contributed by atoms with Crippen LogP contribution in [0.15, 0.2) is 48.5 Å². The fourth-order valence-electron chi connectivity index (χ4n) is 1.47. The van der Waals surface area contributed by atoms with Crippen LogP contribution in [0, 0.1) is 13.8 Å². The van der Waals surface area contributed by atoms with Crippen LogP contribution in [-0.2, 0) is 9.98 Å². The van der Waals surface area contributed by atoms with Gasteiger partial charge in [-0.25, -0.2) is 0 Å². The van der Waals surface area contributed by atoms with Gasteiger partial charge < -0.3 is 0 Å². The molecule has 0 aromatic heterocycles. The zero-order valence-electron chi connectivity index (χ0n) is 11.4. The predicted molar refractivity (Wildman–Crippen MR) is 78.0 cm³/mol. The van der Waals surface area contributed by atoms with Crippen LogP contribution in [0.5, 0.6) is 0 Å². The van der Waals surface area contributed by atoms with Crippen LogP contribution < -0.4 is 22.0 Å². The third-order valence-corrected chi connectivity index (χ3v) is 2.62. The molecule has 0 spiro atoms. The van der Waals surface area contributed by atoms with E-state index >= 15 is 0 Å². The SMILES string of the molecule is Cc1ccc(NNOONNc2ccc(C)cc2)cc1. The van der Waals surface area contributed by atoms with E-state index in [0.29, 0.717) is 0 Å². The number of benzene rings is 2. The molecule has 106 valence electrons. The van der Waals surface area contributed by atoms with Gasteiger partial charge in [0.25, 0.3) is 0 Å². The highest BCUT2D eigenvalue weighted by atomic mass is 17.3.